The van der Waals surface area contributed by atoms with E-state index >= 15 is 0 Å². The Morgan fingerprint density at radius 1 is 0.971 bits per heavy atom. The summed E-state index contributed by atoms with van der Waals surface area (Å²) in [6.07, 6.45) is 5.63. The molecule has 1 aromatic carbocycles. The zero-order chi connectivity index (χ0) is 24.2. The largest absolute Gasteiger partial charge is 0.337 e. The van der Waals surface area contributed by atoms with Crippen LogP contribution in [-0.2, 0) is 6.42 Å². The number of carbonyl (C=O) groups is 1. The molecule has 0 aliphatic heterocycles. The highest BCUT2D eigenvalue weighted by Gasteiger charge is 2.18. The van der Waals surface area contributed by atoms with Crippen molar-refractivity contribution >= 4 is 17.5 Å². The van der Waals surface area contributed by atoms with Crippen LogP contribution in [0.4, 0.5) is 15.0 Å². The second-order valence-corrected chi connectivity index (χ2v) is 7.95. The molecule has 2 N–H and O–H groups in total. The Balaban J connectivity index is 1.41. The lowest BCUT2D eigenvalue weighted by Crippen LogP contribution is -2.30. The molecular formula is C26H22FN7O. The van der Waals surface area contributed by atoms with Crippen LogP contribution in [0.5, 0.6) is 0 Å². The molecule has 0 saturated carbocycles. The van der Waals surface area contributed by atoms with Crippen molar-refractivity contribution in [1.29, 1.82) is 0 Å². The minimum absolute atomic E-state index is 0.276. The van der Waals surface area contributed by atoms with Crippen molar-refractivity contribution in [2.24, 2.45) is 0 Å². The van der Waals surface area contributed by atoms with Crippen LogP contribution in [-0.4, -0.2) is 37.1 Å². The number of aryl methyl sites for hydroxylation is 1. The summed E-state index contributed by atoms with van der Waals surface area (Å²) in [6, 6.07) is 17.4. The molecule has 0 atom stereocenters. The van der Waals surface area contributed by atoms with Gasteiger partial charge in [0, 0.05) is 48.4 Å². The predicted molar refractivity (Wildman–Crippen MR) is 131 cm³/mol. The number of anilines is 1. The Morgan fingerprint density at radius 3 is 2.71 bits per heavy atom. The van der Waals surface area contributed by atoms with Crippen molar-refractivity contribution in [3.63, 3.8) is 0 Å². The van der Waals surface area contributed by atoms with E-state index in [2.05, 4.69) is 25.7 Å². The Morgan fingerprint density at radius 2 is 1.89 bits per heavy atom. The van der Waals surface area contributed by atoms with Gasteiger partial charge in [0.25, 0.3) is 0 Å². The first kappa shape index (κ1) is 22.1. The lowest BCUT2D eigenvalue weighted by atomic mass is 10.0. The summed E-state index contributed by atoms with van der Waals surface area (Å²) >= 11 is 0. The molecule has 5 rings (SSSR count). The van der Waals surface area contributed by atoms with Crippen LogP contribution < -0.4 is 10.6 Å². The van der Waals surface area contributed by atoms with E-state index in [1.165, 1.54) is 6.07 Å². The molecule has 5 aromatic rings. The van der Waals surface area contributed by atoms with E-state index in [9.17, 15) is 9.18 Å². The molecule has 0 bridgehead atoms. The fourth-order valence-electron chi connectivity index (χ4n) is 3.80. The minimum Gasteiger partial charge on any atom is -0.337 e. The molecule has 0 fully saturated rings. The molecule has 0 unspecified atom stereocenters. The highest BCUT2D eigenvalue weighted by Crippen LogP contribution is 2.33. The van der Waals surface area contributed by atoms with Gasteiger partial charge in [-0.2, -0.15) is 5.10 Å². The van der Waals surface area contributed by atoms with Crippen LogP contribution in [0.25, 0.3) is 28.2 Å². The smallest absolute Gasteiger partial charge is 0.320 e. The second-order valence-electron chi connectivity index (χ2n) is 7.95. The Bertz CT molecular complexity index is 1500. The number of halogens is 1. The SMILES string of the molecule is Cc1cc(-c2nc3cccnn3c2-c2ccnc(NC(=O)NCCc3ccccn3)c2)ccc1F. The fraction of sp³-hybridized carbons (Fsp3) is 0.115. The number of aromatic nitrogens is 5. The van der Waals surface area contributed by atoms with E-state index in [4.69, 9.17) is 4.98 Å². The minimum atomic E-state index is -0.365. The number of hydrogen-bond donors (Lipinski definition) is 2. The number of nitrogens with one attached hydrogen (secondary N) is 2. The van der Waals surface area contributed by atoms with Gasteiger partial charge in [-0.1, -0.05) is 6.07 Å². The van der Waals surface area contributed by atoms with Crippen LogP contribution in [0.1, 0.15) is 11.3 Å². The maximum atomic E-state index is 13.9. The van der Waals surface area contributed by atoms with Gasteiger partial charge < -0.3 is 5.32 Å². The summed E-state index contributed by atoms with van der Waals surface area (Å²) in [7, 11) is 0. The first-order valence-electron chi connectivity index (χ1n) is 11.1. The van der Waals surface area contributed by atoms with E-state index in [1.807, 2.05) is 30.3 Å². The average Bonchev–Trinajstić information content (AvgIpc) is 3.26. The van der Waals surface area contributed by atoms with Gasteiger partial charge in [-0.3, -0.25) is 10.3 Å². The third kappa shape index (κ3) is 4.84. The van der Waals surface area contributed by atoms with E-state index in [0.717, 1.165) is 16.8 Å². The van der Waals surface area contributed by atoms with Crippen molar-refractivity contribution in [3.05, 3.63) is 96.3 Å². The van der Waals surface area contributed by atoms with Crippen molar-refractivity contribution in [1.82, 2.24) is 29.9 Å². The van der Waals surface area contributed by atoms with Gasteiger partial charge in [0.2, 0.25) is 0 Å². The normalized spacial score (nSPS) is 10.9. The van der Waals surface area contributed by atoms with Crippen LogP contribution in [0, 0.1) is 12.7 Å². The zero-order valence-corrected chi connectivity index (χ0v) is 18.9. The molecule has 8 nitrogen and oxygen atoms in total. The Labute approximate surface area is 200 Å². The zero-order valence-electron chi connectivity index (χ0n) is 18.9. The molecule has 174 valence electrons. The molecule has 0 saturated heterocycles. The lowest BCUT2D eigenvalue weighted by Gasteiger charge is -2.09. The van der Waals surface area contributed by atoms with E-state index in [0.29, 0.717) is 41.4 Å². The highest BCUT2D eigenvalue weighted by molar-refractivity contribution is 5.89. The molecule has 2 amide bonds. The summed E-state index contributed by atoms with van der Waals surface area (Å²) in [5.74, 6) is 0.103. The molecule has 35 heavy (non-hydrogen) atoms. The number of hydrogen-bond acceptors (Lipinski definition) is 5. The molecule has 0 spiro atoms. The predicted octanol–water partition coefficient (Wildman–Crippen LogP) is 4.67. The van der Waals surface area contributed by atoms with Crippen LogP contribution in [0.3, 0.4) is 0 Å². The lowest BCUT2D eigenvalue weighted by molar-refractivity contribution is 0.252. The number of rotatable bonds is 6. The summed E-state index contributed by atoms with van der Waals surface area (Å²) in [5.41, 5.74) is 4.97. The number of amides is 2. The third-order valence-corrected chi connectivity index (χ3v) is 5.49. The molecule has 0 radical (unpaired) electrons. The molecule has 4 heterocycles. The van der Waals surface area contributed by atoms with Gasteiger partial charge >= 0.3 is 6.03 Å². The van der Waals surface area contributed by atoms with Crippen LogP contribution in [0.15, 0.2) is 79.3 Å². The molecule has 4 aromatic heterocycles. The van der Waals surface area contributed by atoms with Gasteiger partial charge in [-0.15, -0.1) is 0 Å². The van der Waals surface area contributed by atoms with Gasteiger partial charge in [-0.25, -0.2) is 23.7 Å². The number of benzene rings is 1. The quantitative estimate of drug-likeness (QED) is 0.378. The third-order valence-electron chi connectivity index (χ3n) is 5.49. The topological polar surface area (TPSA) is 97.1 Å². The first-order valence-corrected chi connectivity index (χ1v) is 11.1. The van der Waals surface area contributed by atoms with Crippen molar-refractivity contribution < 1.29 is 9.18 Å². The number of carbonyl (C=O) groups excluding carboxylic acids is 1. The summed E-state index contributed by atoms with van der Waals surface area (Å²) in [4.78, 5) is 25.7. The van der Waals surface area contributed by atoms with Gasteiger partial charge in [0.1, 0.15) is 17.3 Å². The molecule has 0 aliphatic carbocycles. The van der Waals surface area contributed by atoms with E-state index in [-0.39, 0.29) is 11.8 Å². The number of urea groups is 1. The number of pyridine rings is 2. The Hall–Kier alpha value is -4.66. The van der Waals surface area contributed by atoms with Crippen molar-refractivity contribution in [2.45, 2.75) is 13.3 Å². The summed E-state index contributed by atoms with van der Waals surface area (Å²) in [5, 5.41) is 10.0. The maximum absolute atomic E-state index is 13.9. The number of nitrogens with zero attached hydrogens (tertiary/aromatic N) is 5. The van der Waals surface area contributed by atoms with Crippen molar-refractivity contribution in [3.8, 4) is 22.5 Å². The number of imidazole rings is 1. The average molecular weight is 468 g/mol. The monoisotopic (exact) mass is 467 g/mol. The van der Waals surface area contributed by atoms with Gasteiger partial charge in [0.15, 0.2) is 5.65 Å². The molecular weight excluding hydrogens is 445 g/mol. The Kier molecular flexibility index (Phi) is 6.13. The number of fused-ring (bicyclic) bond motifs is 1. The van der Waals surface area contributed by atoms with E-state index < -0.39 is 0 Å². The van der Waals surface area contributed by atoms with Crippen molar-refractivity contribution in [2.75, 3.05) is 11.9 Å². The molecule has 0 aliphatic rings. The summed E-state index contributed by atoms with van der Waals surface area (Å²) < 4.78 is 15.6. The van der Waals surface area contributed by atoms with Crippen LogP contribution >= 0.6 is 0 Å². The van der Waals surface area contributed by atoms with Crippen LogP contribution in [0.2, 0.25) is 0 Å². The molecule has 9 heteroatoms. The van der Waals surface area contributed by atoms with E-state index in [1.54, 1.807) is 54.3 Å². The second kappa shape index (κ2) is 9.68. The fourth-order valence-corrected chi connectivity index (χ4v) is 3.80. The maximum Gasteiger partial charge on any atom is 0.320 e. The highest BCUT2D eigenvalue weighted by atomic mass is 19.1. The van der Waals surface area contributed by atoms with Gasteiger partial charge in [-0.05, 0) is 67.1 Å². The first-order chi connectivity index (χ1) is 17.1. The summed E-state index contributed by atoms with van der Waals surface area (Å²) in [6.45, 7) is 2.15. The standard InChI is InChI=1S/C26H22FN7O/c1-17-15-18(7-8-21(17)27)24-25(34-23(33-24)6-4-12-31-34)19-9-13-29-22(16-19)32-26(35)30-14-10-20-5-2-3-11-28-20/h2-9,11-13,15-16H,10,14H2,1H3,(H2,29,30,32,35). The van der Waals surface area contributed by atoms with Gasteiger partial charge in [0.05, 0.1) is 5.69 Å².